The number of likely N-dealkylation sites (N-methyl/N-ethyl adjacent to an activating group) is 2. The molecule has 0 aliphatic carbocycles. The molecule has 1 saturated heterocycles. The van der Waals surface area contributed by atoms with Gasteiger partial charge in [0.05, 0.1) is 8.07 Å². The fourth-order valence-corrected chi connectivity index (χ4v) is 6.55. The summed E-state index contributed by atoms with van der Waals surface area (Å²) in [6, 6.07) is 23.1. The standard InChI is InChI=1S/C21H29BN2Si/c1-23-15-16-24(2)22(23)20(17-19-11-7-5-8-12-19)18-25(3,4)21-13-9-6-10-14-21/h5-14,17H,15-16,18H2,1-4H3/b20-17-. The van der Waals surface area contributed by atoms with Crippen molar-refractivity contribution in [1.82, 2.24) is 9.62 Å². The van der Waals surface area contributed by atoms with Gasteiger partial charge in [-0.3, -0.25) is 0 Å². The van der Waals surface area contributed by atoms with E-state index in [0.717, 1.165) is 13.1 Å². The van der Waals surface area contributed by atoms with E-state index in [9.17, 15) is 0 Å². The molecule has 0 unspecified atom stereocenters. The molecule has 4 heteroatoms. The van der Waals surface area contributed by atoms with Crippen LogP contribution in [0.3, 0.4) is 0 Å². The van der Waals surface area contributed by atoms with Gasteiger partial charge in [-0.25, -0.2) is 0 Å². The Balaban J connectivity index is 1.95. The van der Waals surface area contributed by atoms with Crippen molar-refractivity contribution in [2.75, 3.05) is 27.2 Å². The summed E-state index contributed by atoms with van der Waals surface area (Å²) in [4.78, 5) is 4.98. The van der Waals surface area contributed by atoms with Crippen LogP contribution in [0.2, 0.25) is 19.1 Å². The van der Waals surface area contributed by atoms with Crippen molar-refractivity contribution in [2.24, 2.45) is 0 Å². The van der Waals surface area contributed by atoms with Crippen LogP contribution in [-0.4, -0.2) is 51.9 Å². The van der Waals surface area contributed by atoms with Gasteiger partial charge in [0.2, 0.25) is 0 Å². The summed E-state index contributed by atoms with van der Waals surface area (Å²) in [5.41, 5.74) is 2.86. The van der Waals surface area contributed by atoms with Crippen LogP contribution in [-0.2, 0) is 0 Å². The van der Waals surface area contributed by atoms with Crippen LogP contribution in [0.15, 0.2) is 66.1 Å². The average Bonchev–Trinajstić information content (AvgIpc) is 2.94. The summed E-state index contributed by atoms with van der Waals surface area (Å²) < 4.78 is 0. The van der Waals surface area contributed by atoms with Crippen molar-refractivity contribution in [3.8, 4) is 0 Å². The Hall–Kier alpha value is -1.62. The molecular formula is C21H29BN2Si. The molecule has 0 aromatic heterocycles. The lowest BCUT2D eigenvalue weighted by molar-refractivity contribution is 0.553. The Morgan fingerprint density at radius 2 is 1.44 bits per heavy atom. The highest BCUT2D eigenvalue weighted by molar-refractivity contribution is 6.91. The molecule has 1 fully saturated rings. The Morgan fingerprint density at radius 1 is 0.920 bits per heavy atom. The molecule has 0 atom stereocenters. The molecule has 0 radical (unpaired) electrons. The van der Waals surface area contributed by atoms with E-state index in [0.29, 0.717) is 6.98 Å². The third kappa shape index (κ3) is 4.32. The van der Waals surface area contributed by atoms with E-state index >= 15 is 0 Å². The van der Waals surface area contributed by atoms with Gasteiger partial charge in [0, 0.05) is 13.1 Å². The van der Waals surface area contributed by atoms with Gasteiger partial charge in [-0.2, -0.15) is 0 Å². The average molecular weight is 348 g/mol. The zero-order chi connectivity index (χ0) is 17.9. The van der Waals surface area contributed by atoms with E-state index in [1.165, 1.54) is 16.8 Å². The van der Waals surface area contributed by atoms with Crippen molar-refractivity contribution in [1.29, 1.82) is 0 Å². The van der Waals surface area contributed by atoms with Crippen LogP contribution >= 0.6 is 0 Å². The van der Waals surface area contributed by atoms with Crippen LogP contribution in [0, 0.1) is 0 Å². The van der Waals surface area contributed by atoms with Crippen molar-refractivity contribution in [3.05, 3.63) is 71.7 Å². The zero-order valence-corrected chi connectivity index (χ0v) is 16.9. The van der Waals surface area contributed by atoms with Crippen LogP contribution in [0.1, 0.15) is 5.56 Å². The summed E-state index contributed by atoms with van der Waals surface area (Å²) >= 11 is 0. The second-order valence-corrected chi connectivity index (χ2v) is 12.6. The first-order valence-electron chi connectivity index (χ1n) is 9.19. The smallest absolute Gasteiger partial charge is 0.326 e. The van der Waals surface area contributed by atoms with E-state index in [2.05, 4.69) is 104 Å². The van der Waals surface area contributed by atoms with Crippen molar-refractivity contribution in [3.63, 3.8) is 0 Å². The maximum absolute atomic E-state index is 2.50. The molecule has 0 amide bonds. The van der Waals surface area contributed by atoms with Gasteiger partial charge < -0.3 is 9.62 Å². The summed E-state index contributed by atoms with van der Waals surface area (Å²) in [7, 11) is 2.96. The van der Waals surface area contributed by atoms with Crippen LogP contribution in [0.25, 0.3) is 6.08 Å². The molecular weight excluding hydrogens is 319 g/mol. The molecule has 2 aromatic carbocycles. The minimum absolute atomic E-state index is 0.413. The van der Waals surface area contributed by atoms with Crippen molar-refractivity contribution in [2.45, 2.75) is 19.1 Å². The van der Waals surface area contributed by atoms with Gasteiger partial charge in [-0.15, -0.1) is 0 Å². The van der Waals surface area contributed by atoms with Crippen molar-refractivity contribution < 1.29 is 0 Å². The van der Waals surface area contributed by atoms with Gasteiger partial charge in [-0.05, 0) is 25.7 Å². The first-order valence-corrected chi connectivity index (χ1v) is 12.4. The molecule has 130 valence electrons. The minimum Gasteiger partial charge on any atom is -0.326 e. The van der Waals surface area contributed by atoms with E-state index in [1.54, 1.807) is 5.47 Å². The highest BCUT2D eigenvalue weighted by Gasteiger charge is 2.38. The molecule has 1 aliphatic heterocycles. The van der Waals surface area contributed by atoms with Crippen LogP contribution in [0.5, 0.6) is 0 Å². The second kappa shape index (κ2) is 7.73. The monoisotopic (exact) mass is 348 g/mol. The largest absolute Gasteiger partial charge is 0.341 e. The lowest BCUT2D eigenvalue weighted by Crippen LogP contribution is -2.47. The van der Waals surface area contributed by atoms with Crippen LogP contribution < -0.4 is 5.19 Å². The Bertz CT molecular complexity index is 705. The maximum Gasteiger partial charge on any atom is 0.341 e. The quantitative estimate of drug-likeness (QED) is 0.762. The van der Waals surface area contributed by atoms with Gasteiger partial charge in [0.25, 0.3) is 0 Å². The molecule has 0 N–H and O–H groups in total. The molecule has 1 heterocycles. The molecule has 0 bridgehead atoms. The molecule has 2 nitrogen and oxygen atoms in total. The first-order chi connectivity index (χ1) is 12.0. The number of nitrogens with zero attached hydrogens (tertiary/aromatic N) is 2. The summed E-state index contributed by atoms with van der Waals surface area (Å²) in [5.74, 6) is 0. The molecule has 1 aliphatic rings. The molecule has 3 rings (SSSR count). The number of rotatable bonds is 5. The van der Waals surface area contributed by atoms with Gasteiger partial charge in [-0.1, -0.05) is 90.5 Å². The minimum atomic E-state index is -1.54. The molecule has 0 spiro atoms. The fourth-order valence-electron chi connectivity index (χ4n) is 3.94. The second-order valence-electron chi connectivity index (χ2n) is 7.89. The first kappa shape index (κ1) is 18.2. The third-order valence-corrected chi connectivity index (χ3v) is 8.51. The van der Waals surface area contributed by atoms with Gasteiger partial charge in [0.15, 0.2) is 0 Å². The number of allylic oxidation sites excluding steroid dienone is 1. The number of hydrogen-bond acceptors (Lipinski definition) is 2. The molecule has 2 aromatic rings. The Morgan fingerprint density at radius 3 is 2.00 bits per heavy atom. The lowest BCUT2D eigenvalue weighted by atomic mass is 9.65. The zero-order valence-electron chi connectivity index (χ0n) is 15.9. The SMILES string of the molecule is CN1CCN(C)B1/C(=C\c1ccccc1)C[Si](C)(C)c1ccccc1. The van der Waals surface area contributed by atoms with E-state index in [-0.39, 0.29) is 0 Å². The van der Waals surface area contributed by atoms with Gasteiger partial charge >= 0.3 is 6.98 Å². The molecule has 0 saturated carbocycles. The Kier molecular flexibility index (Phi) is 5.62. The summed E-state index contributed by atoms with van der Waals surface area (Å²) in [5, 5.41) is 1.54. The number of hydrogen-bond donors (Lipinski definition) is 0. The van der Waals surface area contributed by atoms with E-state index < -0.39 is 8.07 Å². The topological polar surface area (TPSA) is 6.48 Å². The molecule has 25 heavy (non-hydrogen) atoms. The van der Waals surface area contributed by atoms with E-state index in [1.807, 2.05) is 0 Å². The van der Waals surface area contributed by atoms with Crippen LogP contribution in [0.4, 0.5) is 0 Å². The Labute approximate surface area is 154 Å². The summed E-state index contributed by atoms with van der Waals surface area (Å²) in [6.45, 7) is 7.68. The lowest BCUT2D eigenvalue weighted by Gasteiger charge is -2.30. The number of benzene rings is 2. The maximum atomic E-state index is 2.50. The highest BCUT2D eigenvalue weighted by atomic mass is 28.3. The predicted octanol–water partition coefficient (Wildman–Crippen LogP) is 3.59. The summed E-state index contributed by atoms with van der Waals surface area (Å²) in [6.07, 6.45) is 2.43. The van der Waals surface area contributed by atoms with Gasteiger partial charge in [0.1, 0.15) is 0 Å². The third-order valence-electron chi connectivity index (χ3n) is 5.33. The predicted molar refractivity (Wildman–Crippen MR) is 114 cm³/mol. The fraction of sp³-hybridized carbons (Fsp3) is 0.333. The van der Waals surface area contributed by atoms with E-state index in [4.69, 9.17) is 0 Å². The normalized spacial score (nSPS) is 17.3. The highest BCUT2D eigenvalue weighted by Crippen LogP contribution is 2.26. The van der Waals surface area contributed by atoms with Crippen molar-refractivity contribution >= 4 is 26.3 Å².